The number of primary amides is 1. The molecule has 39 heavy (non-hydrogen) atoms. The number of aromatic hydroxyl groups is 1. The fourth-order valence-corrected chi connectivity index (χ4v) is 6.61. The SMILES string of the molecule is COc1ccc(-c2ccc(O)c3c2C[C@H]2C[C@H]4CC(O)C(C(N)=O)C(=O)[C@@]4(O)C(O)=C2C3=O)cc1CN(C)C. The predicted molar refractivity (Wildman–Crippen MR) is 140 cm³/mol. The molecule has 0 bridgehead atoms. The molecule has 10 nitrogen and oxygen atoms in total. The summed E-state index contributed by atoms with van der Waals surface area (Å²) in [5, 5.41) is 43.9. The molecule has 1 fully saturated rings. The minimum absolute atomic E-state index is 0.00734. The van der Waals surface area contributed by atoms with Gasteiger partial charge in [-0.25, -0.2) is 0 Å². The Bertz CT molecular complexity index is 1430. The van der Waals surface area contributed by atoms with Crippen molar-refractivity contribution in [1.82, 2.24) is 4.90 Å². The molecule has 10 heteroatoms. The zero-order valence-corrected chi connectivity index (χ0v) is 22.0. The molecule has 5 rings (SSSR count). The molecule has 3 aliphatic carbocycles. The number of phenolic OH excluding ortho intramolecular Hbond substituents is 1. The summed E-state index contributed by atoms with van der Waals surface area (Å²) in [6.45, 7) is 0.614. The lowest BCUT2D eigenvalue weighted by molar-refractivity contribution is -0.167. The first kappa shape index (κ1) is 26.9. The number of carbonyl (C=O) groups is 3. The van der Waals surface area contributed by atoms with Crippen LogP contribution in [0.2, 0.25) is 0 Å². The van der Waals surface area contributed by atoms with Crippen molar-refractivity contribution in [2.75, 3.05) is 21.2 Å². The Balaban J connectivity index is 1.64. The number of ether oxygens (including phenoxy) is 1. The average Bonchev–Trinajstić information content (AvgIpc) is 2.85. The number of rotatable bonds is 5. The molecule has 0 radical (unpaired) electrons. The minimum atomic E-state index is -2.53. The van der Waals surface area contributed by atoms with Crippen molar-refractivity contribution >= 4 is 17.5 Å². The Morgan fingerprint density at radius 2 is 1.87 bits per heavy atom. The number of hydrogen-bond donors (Lipinski definition) is 5. The highest BCUT2D eigenvalue weighted by Gasteiger charge is 2.62. The molecule has 1 amide bonds. The van der Waals surface area contributed by atoms with Crippen molar-refractivity contribution < 1.29 is 39.5 Å². The molecule has 0 spiro atoms. The van der Waals surface area contributed by atoms with Crippen LogP contribution in [0.5, 0.6) is 11.5 Å². The van der Waals surface area contributed by atoms with Crippen LogP contribution in [0.15, 0.2) is 41.7 Å². The van der Waals surface area contributed by atoms with Gasteiger partial charge in [-0.05, 0) is 74.2 Å². The number of allylic oxidation sites excluding steroid dienone is 1. The molecule has 5 atom stereocenters. The second-order valence-corrected chi connectivity index (χ2v) is 11.0. The van der Waals surface area contributed by atoms with Crippen LogP contribution >= 0.6 is 0 Å². The monoisotopic (exact) mass is 536 g/mol. The van der Waals surface area contributed by atoms with E-state index in [-0.39, 0.29) is 36.1 Å². The van der Waals surface area contributed by atoms with Gasteiger partial charge in [-0.15, -0.1) is 0 Å². The van der Waals surface area contributed by atoms with Gasteiger partial charge >= 0.3 is 0 Å². The quantitative estimate of drug-likeness (QED) is 0.355. The van der Waals surface area contributed by atoms with E-state index in [1.807, 2.05) is 37.2 Å². The summed E-state index contributed by atoms with van der Waals surface area (Å²) < 4.78 is 5.51. The number of nitrogens with zero attached hydrogens (tertiary/aromatic N) is 1. The normalized spacial score (nSPS) is 28.2. The molecule has 1 saturated carbocycles. The maximum absolute atomic E-state index is 13.8. The second-order valence-electron chi connectivity index (χ2n) is 11.0. The van der Waals surface area contributed by atoms with Gasteiger partial charge < -0.3 is 35.8 Å². The van der Waals surface area contributed by atoms with Crippen molar-refractivity contribution in [2.45, 2.75) is 37.5 Å². The van der Waals surface area contributed by atoms with Gasteiger partial charge in [0.15, 0.2) is 17.2 Å². The number of amides is 1. The average molecular weight is 537 g/mol. The van der Waals surface area contributed by atoms with E-state index in [1.165, 1.54) is 6.07 Å². The largest absolute Gasteiger partial charge is 0.508 e. The molecule has 2 aromatic carbocycles. The lowest BCUT2D eigenvalue weighted by Gasteiger charge is -2.48. The van der Waals surface area contributed by atoms with E-state index in [9.17, 15) is 34.8 Å². The van der Waals surface area contributed by atoms with Crippen molar-refractivity contribution in [2.24, 2.45) is 23.5 Å². The zero-order valence-electron chi connectivity index (χ0n) is 22.0. The molecule has 0 aliphatic heterocycles. The Morgan fingerprint density at radius 1 is 1.15 bits per heavy atom. The van der Waals surface area contributed by atoms with Gasteiger partial charge in [0, 0.05) is 23.6 Å². The lowest BCUT2D eigenvalue weighted by atomic mass is 9.57. The van der Waals surface area contributed by atoms with Gasteiger partial charge in [-0.2, -0.15) is 0 Å². The van der Waals surface area contributed by atoms with Crippen LogP contribution in [0.3, 0.4) is 0 Å². The lowest BCUT2D eigenvalue weighted by Crippen LogP contribution is -2.63. The first-order valence-electron chi connectivity index (χ1n) is 12.8. The van der Waals surface area contributed by atoms with Gasteiger partial charge in [-0.1, -0.05) is 12.1 Å². The third-order valence-corrected chi connectivity index (χ3v) is 8.35. The van der Waals surface area contributed by atoms with Crippen LogP contribution in [-0.2, 0) is 22.6 Å². The summed E-state index contributed by atoms with van der Waals surface area (Å²) >= 11 is 0. The number of Topliss-reactive ketones (excluding diaryl/α,β-unsaturated/α-hetero) is 2. The van der Waals surface area contributed by atoms with Crippen molar-refractivity contribution in [1.29, 1.82) is 0 Å². The smallest absolute Gasteiger partial charge is 0.230 e. The standard InChI is InChI=1S/C29H32N2O8/c1-31(2)12-15-8-13(4-7-21(15)39-3)17-5-6-19(32)23-18(17)10-14-9-16-11-20(33)24(28(30)37)27(36)29(16,38)26(35)22(14)25(23)34/h4-8,14,16,20,24,32-33,35,38H,9-12H2,1-3H3,(H2,30,37)/t14-,16+,20?,24?,29+/m1/s1. The molecular weight excluding hydrogens is 504 g/mol. The van der Waals surface area contributed by atoms with Crippen LogP contribution in [0.25, 0.3) is 11.1 Å². The number of aliphatic hydroxyl groups excluding tert-OH is 2. The maximum atomic E-state index is 13.8. The van der Waals surface area contributed by atoms with E-state index in [0.717, 1.165) is 16.7 Å². The molecule has 0 aromatic heterocycles. The number of phenols is 1. The Morgan fingerprint density at radius 3 is 2.51 bits per heavy atom. The number of methoxy groups -OCH3 is 1. The van der Waals surface area contributed by atoms with Gasteiger partial charge in [0.25, 0.3) is 0 Å². The summed E-state index contributed by atoms with van der Waals surface area (Å²) in [6, 6.07) is 8.84. The molecule has 0 heterocycles. The van der Waals surface area contributed by atoms with Crippen LogP contribution in [0.1, 0.15) is 34.3 Å². The fraction of sp³-hybridized carbons (Fsp3) is 0.414. The van der Waals surface area contributed by atoms with E-state index < -0.39 is 52.7 Å². The van der Waals surface area contributed by atoms with Crippen LogP contribution < -0.4 is 10.5 Å². The number of hydrogen-bond acceptors (Lipinski definition) is 9. The predicted octanol–water partition coefficient (Wildman–Crippen LogP) is 1.48. The summed E-state index contributed by atoms with van der Waals surface area (Å²) in [6.07, 6.45) is -1.20. The number of nitrogens with two attached hydrogens (primary N) is 1. The minimum Gasteiger partial charge on any atom is -0.508 e. The number of carbonyl (C=O) groups excluding carboxylic acids is 3. The van der Waals surface area contributed by atoms with Crippen molar-refractivity contribution in [3.63, 3.8) is 0 Å². The summed E-state index contributed by atoms with van der Waals surface area (Å²) in [5.41, 5.74) is 5.67. The number of aliphatic hydroxyl groups is 3. The topological polar surface area (TPSA) is 171 Å². The fourth-order valence-electron chi connectivity index (χ4n) is 6.61. The summed E-state index contributed by atoms with van der Waals surface area (Å²) in [4.78, 5) is 40.8. The van der Waals surface area contributed by atoms with E-state index in [4.69, 9.17) is 10.5 Å². The zero-order chi connectivity index (χ0) is 28.4. The summed E-state index contributed by atoms with van der Waals surface area (Å²) in [7, 11) is 5.48. The number of fused-ring (bicyclic) bond motifs is 3. The van der Waals surface area contributed by atoms with Gasteiger partial charge in [0.1, 0.15) is 23.2 Å². The summed E-state index contributed by atoms with van der Waals surface area (Å²) in [5.74, 6) is -6.54. The molecule has 2 unspecified atom stereocenters. The van der Waals surface area contributed by atoms with Crippen LogP contribution in [0, 0.1) is 17.8 Å². The van der Waals surface area contributed by atoms with E-state index in [0.29, 0.717) is 17.9 Å². The molecule has 0 saturated heterocycles. The molecule has 206 valence electrons. The van der Waals surface area contributed by atoms with Gasteiger partial charge in [0.05, 0.1) is 18.8 Å². The van der Waals surface area contributed by atoms with E-state index in [2.05, 4.69) is 0 Å². The number of benzene rings is 2. The highest BCUT2D eigenvalue weighted by Crippen LogP contribution is 2.52. The molecular formula is C29H32N2O8. The number of ketones is 2. The van der Waals surface area contributed by atoms with E-state index in [1.54, 1.807) is 13.2 Å². The molecule has 3 aliphatic rings. The Hall–Kier alpha value is -3.73. The molecule has 6 N–H and O–H groups in total. The maximum Gasteiger partial charge on any atom is 0.230 e. The van der Waals surface area contributed by atoms with Crippen molar-refractivity contribution in [3.8, 4) is 22.6 Å². The molecule has 2 aromatic rings. The van der Waals surface area contributed by atoms with E-state index >= 15 is 0 Å². The Kier molecular flexibility index (Phi) is 6.53. The van der Waals surface area contributed by atoms with Gasteiger partial charge in [0.2, 0.25) is 5.91 Å². The first-order valence-corrected chi connectivity index (χ1v) is 12.8. The highest BCUT2D eigenvalue weighted by molar-refractivity contribution is 6.16. The first-order chi connectivity index (χ1) is 18.4. The van der Waals surface area contributed by atoms with Crippen LogP contribution in [-0.4, -0.2) is 75.7 Å². The second kappa shape index (κ2) is 9.48. The van der Waals surface area contributed by atoms with Crippen molar-refractivity contribution in [3.05, 3.63) is 58.4 Å². The van der Waals surface area contributed by atoms with Crippen LogP contribution in [0.4, 0.5) is 0 Å². The van der Waals surface area contributed by atoms with Gasteiger partial charge in [-0.3, -0.25) is 14.4 Å². The highest BCUT2D eigenvalue weighted by atomic mass is 16.5. The third kappa shape index (κ3) is 4.02. The Labute approximate surface area is 225 Å². The third-order valence-electron chi connectivity index (χ3n) is 8.35.